The summed E-state index contributed by atoms with van der Waals surface area (Å²) in [6.07, 6.45) is 3.66. The molecule has 72 valence electrons. The first-order chi connectivity index (χ1) is 5.71. The van der Waals surface area contributed by atoms with Gasteiger partial charge in [-0.2, -0.15) is 0 Å². The van der Waals surface area contributed by atoms with Gasteiger partial charge in [0.25, 0.3) is 0 Å². The van der Waals surface area contributed by atoms with Gasteiger partial charge < -0.3 is 9.16 Å². The lowest BCUT2D eigenvalue weighted by Gasteiger charge is -2.40. The van der Waals surface area contributed by atoms with Crippen LogP contribution >= 0.6 is 0 Å². The molecule has 1 unspecified atom stereocenters. The predicted molar refractivity (Wildman–Crippen MR) is 58.0 cm³/mol. The lowest BCUT2D eigenvalue weighted by molar-refractivity contribution is -0.148. The Morgan fingerprint density at radius 2 is 2.25 bits per heavy atom. The van der Waals surface area contributed by atoms with Crippen LogP contribution in [0.3, 0.4) is 0 Å². The molecule has 0 aliphatic carbocycles. The highest BCUT2D eigenvalue weighted by molar-refractivity contribution is 6.59. The molecule has 0 aromatic rings. The highest BCUT2D eigenvalue weighted by Crippen LogP contribution is 2.28. The second-order valence-corrected chi connectivity index (χ2v) is 7.76. The molecule has 0 aromatic heterocycles. The highest BCUT2D eigenvalue weighted by atomic mass is 28.3. The maximum Gasteiger partial charge on any atom is 1.00 e. The molecule has 1 saturated heterocycles. The van der Waals surface area contributed by atoms with Crippen LogP contribution in [0.1, 0.15) is 20.7 Å². The van der Waals surface area contributed by atoms with Crippen LogP contribution in [0.2, 0.25) is 19.6 Å². The largest absolute Gasteiger partial charge is 1.00 e. The van der Waals surface area contributed by atoms with Gasteiger partial charge in [0.1, 0.15) is 14.2 Å². The molecule has 2 nitrogen and oxygen atoms in total. The fourth-order valence-electron chi connectivity index (χ4n) is 1.77. The molecule has 12 heavy (non-hydrogen) atoms. The molecule has 0 N–H and O–H groups in total. The van der Waals surface area contributed by atoms with Crippen molar-refractivity contribution in [1.29, 1.82) is 0 Å². The van der Waals surface area contributed by atoms with Crippen molar-refractivity contribution >= 4 is 18.6 Å². The van der Waals surface area contributed by atoms with Gasteiger partial charge in [0, 0.05) is 6.61 Å². The summed E-state index contributed by atoms with van der Waals surface area (Å²) >= 11 is 0. The minimum Gasteiger partial charge on any atom is -0.401 e. The Kier molecular flexibility index (Phi) is 3.96. The van der Waals surface area contributed by atoms with Gasteiger partial charge in [-0.25, -0.2) is 0 Å². The van der Waals surface area contributed by atoms with E-state index in [1.54, 1.807) is 0 Å². The van der Waals surface area contributed by atoms with E-state index in [1.165, 1.54) is 12.8 Å². The highest BCUT2D eigenvalue weighted by Gasteiger charge is 2.37. The van der Waals surface area contributed by atoms with E-state index in [2.05, 4.69) is 19.6 Å². The van der Waals surface area contributed by atoms with Gasteiger partial charge in [0.05, 0.1) is 0 Å². The number of ether oxygens (including phenoxy) is 1. The molecule has 1 aliphatic heterocycles. The maximum atomic E-state index is 5.91. The molecule has 1 atom stereocenters. The molecular formula is C8H21O2Si2+. The molecule has 0 radical (unpaired) electrons. The van der Waals surface area contributed by atoms with Gasteiger partial charge in [-0.15, -0.1) is 0 Å². The zero-order valence-electron chi connectivity index (χ0n) is 9.43. The summed E-state index contributed by atoms with van der Waals surface area (Å²) in [5.41, 5.74) is -0.0702. The molecule has 0 bridgehead atoms. The quantitative estimate of drug-likeness (QED) is 0.644. The van der Waals surface area contributed by atoms with Gasteiger partial charge in [-0.05, 0) is 19.3 Å². The van der Waals surface area contributed by atoms with E-state index in [9.17, 15) is 0 Å². The zero-order chi connectivity index (χ0) is 9.03. The van der Waals surface area contributed by atoms with Crippen molar-refractivity contribution in [2.75, 3.05) is 6.61 Å². The Morgan fingerprint density at radius 1 is 1.50 bits per heavy atom. The minimum atomic E-state index is -0.815. The van der Waals surface area contributed by atoms with Gasteiger partial charge in [-0.1, -0.05) is 19.6 Å². The summed E-state index contributed by atoms with van der Waals surface area (Å²) in [6.45, 7) is 7.76. The standard InChI is InChI=1S/C8H20O2Si2/c1-11-10-8(12(2)3)6-4-5-7-9-8/h12H,4-7,11H2,1-3H3/p+1. The van der Waals surface area contributed by atoms with Crippen LogP contribution in [-0.2, 0) is 9.16 Å². The van der Waals surface area contributed by atoms with Gasteiger partial charge in [0.15, 0.2) is 9.76 Å². The predicted octanol–water partition coefficient (Wildman–Crippen LogP) is 1.17. The van der Waals surface area contributed by atoms with Gasteiger partial charge in [0.2, 0.25) is 0 Å². The van der Waals surface area contributed by atoms with Crippen LogP contribution < -0.4 is 0 Å². The summed E-state index contributed by atoms with van der Waals surface area (Å²) in [5, 5.41) is 0. The molecule has 1 heterocycles. The molecule has 0 spiro atoms. The van der Waals surface area contributed by atoms with Gasteiger partial charge >= 0.3 is 1.43 Å². The smallest absolute Gasteiger partial charge is 0.401 e. The van der Waals surface area contributed by atoms with Crippen LogP contribution in [0.4, 0.5) is 0 Å². The Labute approximate surface area is 80.7 Å². The average molecular weight is 205 g/mol. The van der Waals surface area contributed by atoms with E-state index in [-0.39, 0.29) is 16.6 Å². The summed E-state index contributed by atoms with van der Waals surface area (Å²) in [4.78, 5) is 0. The molecule has 0 amide bonds. The van der Waals surface area contributed by atoms with Crippen molar-refractivity contribution in [2.24, 2.45) is 0 Å². The first-order valence-corrected chi connectivity index (χ1v) is 9.87. The molecular weight excluding hydrogens is 184 g/mol. The van der Waals surface area contributed by atoms with E-state index in [0.29, 0.717) is 0 Å². The summed E-state index contributed by atoms with van der Waals surface area (Å²) in [7, 11) is -1.14. The van der Waals surface area contributed by atoms with Crippen molar-refractivity contribution in [1.82, 2.24) is 0 Å². The number of hydrogen-bond acceptors (Lipinski definition) is 2. The monoisotopic (exact) mass is 205 g/mol. The first-order valence-electron chi connectivity index (χ1n) is 4.99. The number of rotatable bonds is 3. The minimum absolute atomic E-state index is 0. The first kappa shape index (κ1) is 10.4. The van der Waals surface area contributed by atoms with Crippen LogP contribution in [0.15, 0.2) is 0 Å². The van der Waals surface area contributed by atoms with Crippen LogP contribution in [0, 0.1) is 0 Å². The Bertz CT molecular complexity index is 133. The van der Waals surface area contributed by atoms with Crippen molar-refractivity contribution in [3.05, 3.63) is 0 Å². The molecule has 1 rings (SSSR count). The Hall–Kier alpha value is 0.354. The van der Waals surface area contributed by atoms with E-state index >= 15 is 0 Å². The molecule has 1 aliphatic rings. The normalized spacial score (nSPS) is 32.0. The zero-order valence-corrected chi connectivity index (χ0v) is 11.0. The Morgan fingerprint density at radius 3 is 2.67 bits per heavy atom. The van der Waals surface area contributed by atoms with Gasteiger partial charge in [-0.3, -0.25) is 0 Å². The lowest BCUT2D eigenvalue weighted by atomic mass is 10.2. The second kappa shape index (κ2) is 4.55. The SMILES string of the molecule is C[SiH2]OC1([SiH](C)C)CCCCO1.[H+]. The summed E-state index contributed by atoms with van der Waals surface area (Å²) in [5.74, 6) is 0. The van der Waals surface area contributed by atoms with Crippen molar-refractivity contribution in [2.45, 2.75) is 44.3 Å². The van der Waals surface area contributed by atoms with Crippen LogP contribution in [0.5, 0.6) is 0 Å². The third kappa shape index (κ3) is 2.19. The van der Waals surface area contributed by atoms with E-state index in [1.807, 2.05) is 0 Å². The fourth-order valence-corrected chi connectivity index (χ4v) is 5.55. The molecule has 4 heteroatoms. The van der Waals surface area contributed by atoms with E-state index in [4.69, 9.17) is 9.16 Å². The third-order valence-electron chi connectivity index (χ3n) is 2.53. The Balaban J connectivity index is 0.00000144. The molecule has 0 aromatic carbocycles. The molecule has 0 saturated carbocycles. The maximum absolute atomic E-state index is 5.91. The third-order valence-corrected chi connectivity index (χ3v) is 6.03. The fraction of sp³-hybridized carbons (Fsp3) is 1.00. The average Bonchev–Trinajstić information content (AvgIpc) is 2.06. The lowest BCUT2D eigenvalue weighted by Crippen LogP contribution is -2.50. The summed E-state index contributed by atoms with van der Waals surface area (Å²) in [6, 6.07) is 0. The van der Waals surface area contributed by atoms with Crippen molar-refractivity contribution < 1.29 is 10.6 Å². The van der Waals surface area contributed by atoms with Crippen LogP contribution in [0.25, 0.3) is 0 Å². The van der Waals surface area contributed by atoms with E-state index in [0.717, 1.165) is 13.0 Å². The van der Waals surface area contributed by atoms with E-state index < -0.39 is 8.80 Å². The summed E-state index contributed by atoms with van der Waals surface area (Å²) < 4.78 is 11.8. The van der Waals surface area contributed by atoms with Crippen molar-refractivity contribution in [3.8, 4) is 0 Å². The topological polar surface area (TPSA) is 18.5 Å². The number of hydrogen-bond donors (Lipinski definition) is 0. The van der Waals surface area contributed by atoms with Crippen LogP contribution in [-0.4, -0.2) is 30.6 Å². The molecule has 1 fully saturated rings. The second-order valence-electron chi connectivity index (χ2n) is 3.71. The van der Waals surface area contributed by atoms with Crippen molar-refractivity contribution in [3.63, 3.8) is 0 Å².